The van der Waals surface area contributed by atoms with Crippen molar-refractivity contribution in [1.29, 1.82) is 0 Å². The van der Waals surface area contributed by atoms with Crippen LogP contribution in [0.25, 0.3) is 0 Å². The zero-order chi connectivity index (χ0) is 13.6. The number of carbonyl (C=O) groups excluding carboxylic acids is 1. The Morgan fingerprint density at radius 1 is 1.32 bits per heavy atom. The van der Waals surface area contributed by atoms with E-state index in [1.807, 2.05) is 11.8 Å². The largest absolute Gasteiger partial charge is 0.586 e. The van der Waals surface area contributed by atoms with E-state index in [1.54, 1.807) is 6.07 Å². The van der Waals surface area contributed by atoms with E-state index in [1.165, 1.54) is 12.1 Å². The van der Waals surface area contributed by atoms with Crippen LogP contribution in [0.5, 0.6) is 11.5 Å². The molecule has 19 heavy (non-hydrogen) atoms. The van der Waals surface area contributed by atoms with Crippen LogP contribution in [0.3, 0.4) is 0 Å². The second kappa shape index (κ2) is 4.08. The fourth-order valence-electron chi connectivity index (χ4n) is 2.38. The molecule has 6 heteroatoms. The highest BCUT2D eigenvalue weighted by molar-refractivity contribution is 5.83. The average Bonchev–Trinajstić information content (AvgIpc) is 2.65. The molecule has 1 fully saturated rings. The van der Waals surface area contributed by atoms with Crippen molar-refractivity contribution in [2.75, 3.05) is 18.0 Å². The highest BCUT2D eigenvalue weighted by Gasteiger charge is 2.43. The Balaban J connectivity index is 1.82. The second-order valence-electron chi connectivity index (χ2n) is 4.86. The van der Waals surface area contributed by atoms with Crippen LogP contribution in [0.4, 0.5) is 14.5 Å². The van der Waals surface area contributed by atoms with Crippen molar-refractivity contribution in [3.05, 3.63) is 18.2 Å². The van der Waals surface area contributed by atoms with E-state index in [-0.39, 0.29) is 23.2 Å². The molecule has 102 valence electrons. The van der Waals surface area contributed by atoms with Crippen molar-refractivity contribution in [3.8, 4) is 11.5 Å². The number of anilines is 1. The van der Waals surface area contributed by atoms with Crippen molar-refractivity contribution >= 4 is 11.5 Å². The number of piperidine rings is 1. The summed E-state index contributed by atoms with van der Waals surface area (Å²) in [5.74, 6) is 0.270. The lowest BCUT2D eigenvalue weighted by Crippen LogP contribution is -2.39. The van der Waals surface area contributed by atoms with Crippen LogP contribution in [-0.4, -0.2) is 25.2 Å². The van der Waals surface area contributed by atoms with E-state index in [0.29, 0.717) is 19.5 Å². The maximum absolute atomic E-state index is 12.9. The van der Waals surface area contributed by atoms with Gasteiger partial charge in [-0.1, -0.05) is 6.92 Å². The molecule has 0 spiro atoms. The molecular formula is C13H13F2NO3. The zero-order valence-electron chi connectivity index (χ0n) is 10.4. The van der Waals surface area contributed by atoms with Gasteiger partial charge in [-0.05, 0) is 12.1 Å². The fourth-order valence-corrected chi connectivity index (χ4v) is 2.38. The summed E-state index contributed by atoms with van der Waals surface area (Å²) in [4.78, 5) is 13.5. The van der Waals surface area contributed by atoms with Gasteiger partial charge in [0.05, 0.1) is 0 Å². The van der Waals surface area contributed by atoms with E-state index in [4.69, 9.17) is 0 Å². The van der Waals surface area contributed by atoms with Gasteiger partial charge >= 0.3 is 6.29 Å². The van der Waals surface area contributed by atoms with Gasteiger partial charge in [-0.2, -0.15) is 0 Å². The standard InChI is InChI=1S/C13H13F2NO3/c1-8-7-16(5-4-10(8)17)9-2-3-11-12(6-9)19-13(14,15)18-11/h2-3,6,8H,4-5,7H2,1H3. The lowest BCUT2D eigenvalue weighted by molar-refractivity contribution is -0.286. The first-order valence-corrected chi connectivity index (χ1v) is 6.12. The van der Waals surface area contributed by atoms with Crippen molar-refractivity contribution in [3.63, 3.8) is 0 Å². The molecule has 0 aliphatic carbocycles. The van der Waals surface area contributed by atoms with E-state index < -0.39 is 6.29 Å². The summed E-state index contributed by atoms with van der Waals surface area (Å²) in [6, 6.07) is 4.69. The van der Waals surface area contributed by atoms with E-state index in [9.17, 15) is 13.6 Å². The molecule has 1 aromatic carbocycles. The van der Waals surface area contributed by atoms with E-state index in [2.05, 4.69) is 9.47 Å². The Morgan fingerprint density at radius 2 is 2.05 bits per heavy atom. The molecule has 0 bridgehead atoms. The first-order valence-electron chi connectivity index (χ1n) is 6.12. The smallest absolute Gasteiger partial charge is 0.395 e. The molecule has 2 heterocycles. The van der Waals surface area contributed by atoms with Crippen LogP contribution in [-0.2, 0) is 4.79 Å². The molecule has 2 aliphatic heterocycles. The third-order valence-electron chi connectivity index (χ3n) is 3.42. The Morgan fingerprint density at radius 3 is 2.79 bits per heavy atom. The first kappa shape index (κ1) is 12.2. The monoisotopic (exact) mass is 269 g/mol. The Kier molecular flexibility index (Phi) is 2.62. The van der Waals surface area contributed by atoms with Gasteiger partial charge in [0.1, 0.15) is 5.78 Å². The molecule has 0 saturated carbocycles. The van der Waals surface area contributed by atoms with Crippen molar-refractivity contribution in [2.45, 2.75) is 19.6 Å². The number of ketones is 1. The minimum atomic E-state index is -3.59. The van der Waals surface area contributed by atoms with E-state index >= 15 is 0 Å². The molecule has 1 atom stereocenters. The van der Waals surface area contributed by atoms with Crippen LogP contribution in [0.2, 0.25) is 0 Å². The third kappa shape index (κ3) is 2.22. The number of ether oxygens (including phenoxy) is 2. The minimum Gasteiger partial charge on any atom is -0.395 e. The maximum Gasteiger partial charge on any atom is 0.586 e. The highest BCUT2D eigenvalue weighted by Crippen LogP contribution is 2.43. The summed E-state index contributed by atoms with van der Waals surface area (Å²) >= 11 is 0. The molecule has 0 radical (unpaired) electrons. The van der Waals surface area contributed by atoms with Crippen molar-refractivity contribution < 1.29 is 23.0 Å². The Hall–Kier alpha value is -1.85. The number of alkyl halides is 2. The topological polar surface area (TPSA) is 38.8 Å². The predicted molar refractivity (Wildman–Crippen MR) is 63.6 cm³/mol. The highest BCUT2D eigenvalue weighted by atomic mass is 19.3. The van der Waals surface area contributed by atoms with Crippen LogP contribution in [0.1, 0.15) is 13.3 Å². The SMILES string of the molecule is CC1CN(c2ccc3c(c2)OC(F)(F)O3)CCC1=O. The van der Waals surface area contributed by atoms with Crippen molar-refractivity contribution in [2.24, 2.45) is 5.92 Å². The number of nitrogens with zero attached hydrogens (tertiary/aromatic N) is 1. The lowest BCUT2D eigenvalue weighted by Gasteiger charge is -2.31. The van der Waals surface area contributed by atoms with Gasteiger partial charge in [0.25, 0.3) is 0 Å². The molecule has 2 aliphatic rings. The Bertz CT molecular complexity index is 533. The number of benzene rings is 1. The van der Waals surface area contributed by atoms with Crippen LogP contribution < -0.4 is 14.4 Å². The van der Waals surface area contributed by atoms with Gasteiger partial charge in [0.2, 0.25) is 0 Å². The Labute approximate surface area is 108 Å². The van der Waals surface area contributed by atoms with Gasteiger partial charge < -0.3 is 14.4 Å². The molecule has 0 amide bonds. The van der Waals surface area contributed by atoms with Crippen LogP contribution in [0.15, 0.2) is 18.2 Å². The second-order valence-corrected chi connectivity index (χ2v) is 4.86. The minimum absolute atomic E-state index is 0.0343. The average molecular weight is 269 g/mol. The molecule has 3 rings (SSSR count). The number of hydrogen-bond acceptors (Lipinski definition) is 4. The fraction of sp³-hybridized carbons (Fsp3) is 0.462. The predicted octanol–water partition coefficient (Wildman–Crippen LogP) is 2.42. The normalized spacial score (nSPS) is 24.7. The first-order chi connectivity index (χ1) is 8.94. The van der Waals surface area contributed by atoms with Gasteiger partial charge in [0, 0.05) is 37.2 Å². The summed E-state index contributed by atoms with van der Waals surface area (Å²) in [5, 5.41) is 0. The molecule has 0 N–H and O–H groups in total. The summed E-state index contributed by atoms with van der Waals surface area (Å²) in [6.07, 6.45) is -3.11. The van der Waals surface area contributed by atoms with Gasteiger partial charge in [0.15, 0.2) is 11.5 Å². The zero-order valence-corrected chi connectivity index (χ0v) is 10.4. The molecule has 4 nitrogen and oxygen atoms in total. The van der Waals surface area contributed by atoms with Gasteiger partial charge in [-0.25, -0.2) is 0 Å². The summed E-state index contributed by atoms with van der Waals surface area (Å²) in [6.45, 7) is 3.06. The number of hydrogen-bond donors (Lipinski definition) is 0. The number of rotatable bonds is 1. The quantitative estimate of drug-likeness (QED) is 0.785. The number of Topliss-reactive ketones (excluding diaryl/α,β-unsaturated/α-hetero) is 1. The van der Waals surface area contributed by atoms with Crippen LogP contribution >= 0.6 is 0 Å². The van der Waals surface area contributed by atoms with E-state index in [0.717, 1.165) is 5.69 Å². The maximum atomic E-state index is 12.9. The molecular weight excluding hydrogens is 256 g/mol. The van der Waals surface area contributed by atoms with Crippen molar-refractivity contribution in [1.82, 2.24) is 0 Å². The molecule has 0 aromatic heterocycles. The van der Waals surface area contributed by atoms with Gasteiger partial charge in [-0.3, -0.25) is 4.79 Å². The van der Waals surface area contributed by atoms with Gasteiger partial charge in [-0.15, -0.1) is 8.78 Å². The molecule has 1 aromatic rings. The summed E-state index contributed by atoms with van der Waals surface area (Å²) in [5.41, 5.74) is 0.763. The lowest BCUT2D eigenvalue weighted by atomic mass is 9.98. The number of carbonyl (C=O) groups is 1. The molecule has 1 unspecified atom stereocenters. The number of fused-ring (bicyclic) bond motifs is 1. The number of halogens is 2. The summed E-state index contributed by atoms with van der Waals surface area (Å²) < 4.78 is 34.6. The molecule has 1 saturated heterocycles. The summed E-state index contributed by atoms with van der Waals surface area (Å²) in [7, 11) is 0. The third-order valence-corrected chi connectivity index (χ3v) is 3.42. The van der Waals surface area contributed by atoms with Crippen LogP contribution in [0, 0.1) is 5.92 Å².